The van der Waals surface area contributed by atoms with Crippen LogP contribution in [0.25, 0.3) is 11.3 Å². The Hall–Kier alpha value is -2.42. The van der Waals surface area contributed by atoms with Crippen LogP contribution in [0.15, 0.2) is 53.8 Å². The highest BCUT2D eigenvalue weighted by molar-refractivity contribution is 5.73. The molecule has 1 aromatic carbocycles. The molecule has 0 spiro atoms. The quantitative estimate of drug-likeness (QED) is 0.478. The number of hydrogen-bond donors (Lipinski definition) is 0. The lowest BCUT2D eigenvalue weighted by atomic mass is 10.1. The Kier molecular flexibility index (Phi) is 4.31. The van der Waals surface area contributed by atoms with Crippen LogP contribution in [0.3, 0.4) is 0 Å². The summed E-state index contributed by atoms with van der Waals surface area (Å²) in [6.45, 7) is 5.48. The van der Waals surface area contributed by atoms with Crippen LogP contribution < -0.4 is 4.74 Å². The Morgan fingerprint density at radius 3 is 2.40 bits per heavy atom. The fraction of sp³-hybridized carbons (Fsp3) is 0.176. The number of pyridine rings is 1. The summed E-state index contributed by atoms with van der Waals surface area (Å²) in [7, 11) is 0. The first-order valence-electron chi connectivity index (χ1n) is 6.45. The highest BCUT2D eigenvalue weighted by atomic mass is 16.5. The van der Waals surface area contributed by atoms with Gasteiger partial charge in [0.15, 0.2) is 0 Å². The van der Waals surface area contributed by atoms with Gasteiger partial charge >= 0.3 is 0 Å². The van der Waals surface area contributed by atoms with Gasteiger partial charge in [-0.25, -0.2) is 0 Å². The maximum atomic E-state index is 10.7. The summed E-state index contributed by atoms with van der Waals surface area (Å²) in [6.07, 6.45) is 0.792. The number of ether oxygens (including phenoxy) is 1. The highest BCUT2D eigenvalue weighted by Crippen LogP contribution is 2.22. The molecule has 2 rings (SSSR count). The molecular weight excluding hydrogens is 250 g/mol. The van der Waals surface area contributed by atoms with Gasteiger partial charge in [0.1, 0.15) is 17.8 Å². The largest absolute Gasteiger partial charge is 0.462 e. The summed E-state index contributed by atoms with van der Waals surface area (Å²) in [6, 6.07) is 13.6. The topological polar surface area (TPSA) is 39.2 Å². The summed E-state index contributed by atoms with van der Waals surface area (Å²) in [4.78, 5) is 15.1. The lowest BCUT2D eigenvalue weighted by Gasteiger charge is -2.08. The van der Waals surface area contributed by atoms with E-state index in [9.17, 15) is 4.79 Å². The van der Waals surface area contributed by atoms with Crippen molar-refractivity contribution in [3.8, 4) is 17.0 Å². The van der Waals surface area contributed by atoms with Crippen molar-refractivity contribution in [1.29, 1.82) is 0 Å². The molecule has 0 amide bonds. The van der Waals surface area contributed by atoms with Gasteiger partial charge in [0, 0.05) is 16.8 Å². The van der Waals surface area contributed by atoms with E-state index in [1.54, 1.807) is 13.8 Å². The Labute approximate surface area is 118 Å². The van der Waals surface area contributed by atoms with Crippen LogP contribution in [0, 0.1) is 6.92 Å². The molecule has 102 valence electrons. The van der Waals surface area contributed by atoms with Crippen LogP contribution >= 0.6 is 0 Å². The van der Waals surface area contributed by atoms with Crippen LogP contribution in [-0.4, -0.2) is 11.3 Å². The summed E-state index contributed by atoms with van der Waals surface area (Å²) >= 11 is 0. The zero-order valence-corrected chi connectivity index (χ0v) is 11.9. The minimum Gasteiger partial charge on any atom is -0.462 e. The Bertz CT molecular complexity index is 642. The van der Waals surface area contributed by atoms with Crippen LogP contribution in [0.4, 0.5) is 0 Å². The number of hydrogen-bond acceptors (Lipinski definition) is 3. The van der Waals surface area contributed by atoms with Gasteiger partial charge in [-0.3, -0.25) is 9.78 Å². The molecule has 3 heteroatoms. The number of aromatic nitrogens is 1. The second kappa shape index (κ2) is 6.15. The third kappa shape index (κ3) is 3.32. The monoisotopic (exact) mass is 267 g/mol. The fourth-order valence-corrected chi connectivity index (χ4v) is 1.74. The molecular formula is C17H17NO2. The van der Waals surface area contributed by atoms with E-state index in [-0.39, 0.29) is 0 Å². The Morgan fingerprint density at radius 1 is 1.10 bits per heavy atom. The molecule has 0 N–H and O–H groups in total. The van der Waals surface area contributed by atoms with E-state index in [4.69, 9.17) is 4.74 Å². The zero-order valence-electron chi connectivity index (χ0n) is 11.9. The van der Waals surface area contributed by atoms with Gasteiger partial charge in [-0.2, -0.15) is 0 Å². The predicted octanol–water partition coefficient (Wildman–Crippen LogP) is 3.93. The van der Waals surface area contributed by atoms with Crippen LogP contribution in [-0.2, 0) is 4.79 Å². The number of benzene rings is 1. The van der Waals surface area contributed by atoms with Crippen molar-refractivity contribution >= 4 is 6.29 Å². The molecule has 0 saturated heterocycles. The average molecular weight is 267 g/mol. The fourth-order valence-electron chi connectivity index (χ4n) is 1.74. The first-order valence-corrected chi connectivity index (χ1v) is 6.45. The molecule has 0 radical (unpaired) electrons. The van der Waals surface area contributed by atoms with Crippen molar-refractivity contribution in [3.05, 3.63) is 59.5 Å². The number of carbonyl (C=O) groups excluding carboxylic acids is 1. The number of aryl methyl sites for hydroxylation is 1. The average Bonchev–Trinajstić information content (AvgIpc) is 2.47. The van der Waals surface area contributed by atoms with E-state index >= 15 is 0 Å². The molecule has 0 bridgehead atoms. The summed E-state index contributed by atoms with van der Waals surface area (Å²) in [5, 5.41) is 0. The number of rotatable bonds is 4. The van der Waals surface area contributed by atoms with Gasteiger partial charge in [-0.05, 0) is 57.2 Å². The Morgan fingerprint density at radius 2 is 1.80 bits per heavy atom. The number of allylic oxidation sites excluding steroid dienone is 2. The molecule has 20 heavy (non-hydrogen) atoms. The molecule has 2 aromatic rings. The number of carbonyl (C=O) groups is 1. The molecule has 3 nitrogen and oxygen atoms in total. The molecule has 0 aliphatic heterocycles. The second-order valence-corrected chi connectivity index (χ2v) is 4.65. The van der Waals surface area contributed by atoms with Crippen molar-refractivity contribution in [3.63, 3.8) is 0 Å². The van der Waals surface area contributed by atoms with Crippen molar-refractivity contribution in [2.45, 2.75) is 20.8 Å². The van der Waals surface area contributed by atoms with Gasteiger partial charge < -0.3 is 4.74 Å². The van der Waals surface area contributed by atoms with E-state index in [0.717, 1.165) is 23.2 Å². The molecule has 0 aliphatic carbocycles. The third-order valence-corrected chi connectivity index (χ3v) is 3.04. The van der Waals surface area contributed by atoms with Gasteiger partial charge in [-0.1, -0.05) is 6.07 Å². The lowest BCUT2D eigenvalue weighted by Crippen LogP contribution is -1.95. The second-order valence-electron chi connectivity index (χ2n) is 4.65. The maximum Gasteiger partial charge on any atom is 0.149 e. The van der Waals surface area contributed by atoms with E-state index in [2.05, 4.69) is 4.98 Å². The van der Waals surface area contributed by atoms with Gasteiger partial charge in [0.25, 0.3) is 0 Å². The van der Waals surface area contributed by atoms with Gasteiger partial charge in [0.2, 0.25) is 0 Å². The third-order valence-electron chi connectivity index (χ3n) is 3.04. The van der Waals surface area contributed by atoms with Crippen LogP contribution in [0.5, 0.6) is 5.75 Å². The minimum atomic E-state index is 0.592. The van der Waals surface area contributed by atoms with E-state index < -0.39 is 0 Å². The lowest BCUT2D eigenvalue weighted by molar-refractivity contribution is -0.105. The summed E-state index contributed by atoms with van der Waals surface area (Å²) < 4.78 is 5.61. The normalized spacial score (nSPS) is 11.8. The van der Waals surface area contributed by atoms with Crippen molar-refractivity contribution in [2.75, 3.05) is 0 Å². The van der Waals surface area contributed by atoms with Crippen LogP contribution in [0.2, 0.25) is 0 Å². The van der Waals surface area contributed by atoms with E-state index in [1.807, 2.05) is 49.4 Å². The zero-order chi connectivity index (χ0) is 14.5. The highest BCUT2D eigenvalue weighted by Gasteiger charge is 2.02. The Balaban J connectivity index is 2.21. The number of nitrogens with zero attached hydrogens (tertiary/aromatic N) is 1. The molecule has 0 aliphatic rings. The smallest absolute Gasteiger partial charge is 0.149 e. The summed E-state index contributed by atoms with van der Waals surface area (Å²) in [5.74, 6) is 1.32. The molecule has 0 fully saturated rings. The molecule has 1 aromatic heterocycles. The van der Waals surface area contributed by atoms with Gasteiger partial charge in [-0.15, -0.1) is 0 Å². The first kappa shape index (κ1) is 14.0. The van der Waals surface area contributed by atoms with Gasteiger partial charge in [0.05, 0.1) is 5.69 Å². The van der Waals surface area contributed by atoms with Crippen molar-refractivity contribution in [2.24, 2.45) is 0 Å². The predicted molar refractivity (Wildman–Crippen MR) is 79.5 cm³/mol. The maximum absolute atomic E-state index is 10.7. The van der Waals surface area contributed by atoms with E-state index in [1.165, 1.54) is 0 Å². The summed E-state index contributed by atoms with van der Waals surface area (Å²) in [5.41, 5.74) is 3.56. The van der Waals surface area contributed by atoms with E-state index in [0.29, 0.717) is 17.1 Å². The molecule has 0 unspecified atom stereocenters. The van der Waals surface area contributed by atoms with Crippen LogP contribution in [0.1, 0.15) is 19.5 Å². The first-order chi connectivity index (χ1) is 9.60. The van der Waals surface area contributed by atoms with Crippen molar-refractivity contribution in [1.82, 2.24) is 4.98 Å². The minimum absolute atomic E-state index is 0.592. The molecule has 0 atom stereocenters. The van der Waals surface area contributed by atoms with Crippen molar-refractivity contribution < 1.29 is 9.53 Å². The molecule has 0 saturated carbocycles. The molecule has 1 heterocycles. The number of aldehydes is 1. The standard InChI is InChI=1S/C17H17NO2/c1-12(11-19)14(3)20-16-9-7-15(8-10-16)17-6-4-5-13(2)18-17/h4-11H,1-3H3. The SMILES string of the molecule is CC(C=O)=C(C)Oc1ccc(-c2cccc(C)n2)cc1.